The van der Waals surface area contributed by atoms with Crippen LogP contribution in [0.25, 0.3) is 0 Å². The number of hydrogen-bond donors (Lipinski definition) is 2. The highest BCUT2D eigenvalue weighted by Crippen LogP contribution is 2.24. The number of nitrogens with zero attached hydrogens (tertiary/aromatic N) is 4. The summed E-state index contributed by atoms with van der Waals surface area (Å²) in [5.41, 5.74) is -0.0226. The lowest BCUT2D eigenvalue weighted by molar-refractivity contribution is 0.0656. The van der Waals surface area contributed by atoms with Crippen molar-refractivity contribution in [1.29, 1.82) is 0 Å². The number of nitrogens with one attached hydrogen (secondary N) is 2. The van der Waals surface area contributed by atoms with E-state index in [-0.39, 0.29) is 5.54 Å². The average Bonchev–Trinajstić information content (AvgIpc) is 2.45. The van der Waals surface area contributed by atoms with Crippen LogP contribution >= 0.6 is 0 Å². The molecule has 0 aliphatic carbocycles. The van der Waals surface area contributed by atoms with Gasteiger partial charge in [-0.15, -0.1) is 0 Å². The Balaban J connectivity index is 2.18. The van der Waals surface area contributed by atoms with Gasteiger partial charge >= 0.3 is 0 Å². The molecular formula is C14H26N6O. The lowest BCUT2D eigenvalue weighted by atomic mass is 9.93. The molecule has 0 amide bonds. The van der Waals surface area contributed by atoms with Gasteiger partial charge in [0.25, 0.3) is 0 Å². The molecule has 0 saturated carbocycles. The minimum Gasteiger partial charge on any atom is -0.381 e. The van der Waals surface area contributed by atoms with E-state index in [9.17, 15) is 0 Å². The van der Waals surface area contributed by atoms with Crippen molar-refractivity contribution in [1.82, 2.24) is 15.0 Å². The van der Waals surface area contributed by atoms with Gasteiger partial charge in [0, 0.05) is 39.4 Å². The second-order valence-electron chi connectivity index (χ2n) is 5.90. The lowest BCUT2D eigenvalue weighted by Crippen LogP contribution is -2.41. The molecule has 0 spiro atoms. The molecule has 2 rings (SSSR count). The molecule has 1 aliphatic rings. The summed E-state index contributed by atoms with van der Waals surface area (Å²) < 4.78 is 5.43. The fourth-order valence-electron chi connectivity index (χ4n) is 2.15. The van der Waals surface area contributed by atoms with E-state index in [1.54, 1.807) is 0 Å². The second kappa shape index (κ2) is 6.89. The standard InChI is InChI=1S/C14H26N6O/c1-5-8-15-11-16-12(18-13(17-11)20(3)4)19-14(2)6-9-21-10-7-14/h5-10H2,1-4H3,(H2,15,16,17,18,19). The van der Waals surface area contributed by atoms with Crippen molar-refractivity contribution in [2.24, 2.45) is 0 Å². The highest BCUT2D eigenvalue weighted by molar-refractivity contribution is 5.44. The molecule has 0 radical (unpaired) electrons. The molecule has 1 aromatic rings. The number of ether oxygens (including phenoxy) is 1. The number of hydrogen-bond acceptors (Lipinski definition) is 7. The predicted molar refractivity (Wildman–Crippen MR) is 85.0 cm³/mol. The predicted octanol–water partition coefficient (Wildman–Crippen LogP) is 1.74. The molecule has 21 heavy (non-hydrogen) atoms. The summed E-state index contributed by atoms with van der Waals surface area (Å²) >= 11 is 0. The molecule has 7 heteroatoms. The Hall–Kier alpha value is -1.63. The van der Waals surface area contributed by atoms with E-state index in [0.717, 1.165) is 39.0 Å². The maximum atomic E-state index is 5.43. The summed E-state index contributed by atoms with van der Waals surface area (Å²) in [4.78, 5) is 15.3. The molecule has 0 bridgehead atoms. The molecule has 1 aromatic heterocycles. The lowest BCUT2D eigenvalue weighted by Gasteiger charge is -2.34. The van der Waals surface area contributed by atoms with Crippen molar-refractivity contribution in [3.8, 4) is 0 Å². The van der Waals surface area contributed by atoms with Crippen LogP contribution in [-0.4, -0.2) is 54.3 Å². The quantitative estimate of drug-likeness (QED) is 0.827. The zero-order valence-corrected chi connectivity index (χ0v) is 13.4. The van der Waals surface area contributed by atoms with E-state index in [4.69, 9.17) is 4.74 Å². The normalized spacial score (nSPS) is 17.3. The summed E-state index contributed by atoms with van der Waals surface area (Å²) in [7, 11) is 3.86. The third-order valence-electron chi connectivity index (χ3n) is 3.57. The highest BCUT2D eigenvalue weighted by Gasteiger charge is 2.28. The second-order valence-corrected chi connectivity index (χ2v) is 5.90. The van der Waals surface area contributed by atoms with Gasteiger partial charge in [0.1, 0.15) is 0 Å². The molecule has 0 unspecified atom stereocenters. The summed E-state index contributed by atoms with van der Waals surface area (Å²) in [6.45, 7) is 6.70. The van der Waals surface area contributed by atoms with E-state index in [2.05, 4.69) is 39.4 Å². The van der Waals surface area contributed by atoms with Crippen molar-refractivity contribution in [2.45, 2.75) is 38.6 Å². The van der Waals surface area contributed by atoms with Crippen LogP contribution in [0.2, 0.25) is 0 Å². The largest absolute Gasteiger partial charge is 0.381 e. The van der Waals surface area contributed by atoms with Crippen LogP contribution in [0.15, 0.2) is 0 Å². The Morgan fingerprint density at radius 1 is 1.14 bits per heavy atom. The smallest absolute Gasteiger partial charge is 0.231 e. The summed E-state index contributed by atoms with van der Waals surface area (Å²) in [5, 5.41) is 6.69. The first kappa shape index (κ1) is 15.8. The molecule has 118 valence electrons. The fraction of sp³-hybridized carbons (Fsp3) is 0.786. The van der Waals surface area contributed by atoms with Crippen LogP contribution < -0.4 is 15.5 Å². The summed E-state index contributed by atoms with van der Waals surface area (Å²) in [6, 6.07) is 0. The Morgan fingerprint density at radius 2 is 1.81 bits per heavy atom. The highest BCUT2D eigenvalue weighted by atomic mass is 16.5. The van der Waals surface area contributed by atoms with Crippen molar-refractivity contribution < 1.29 is 4.74 Å². The molecule has 7 nitrogen and oxygen atoms in total. The first-order valence-corrected chi connectivity index (χ1v) is 7.55. The molecule has 1 saturated heterocycles. The van der Waals surface area contributed by atoms with Crippen LogP contribution in [0.1, 0.15) is 33.1 Å². The van der Waals surface area contributed by atoms with Crippen LogP contribution in [0.4, 0.5) is 17.8 Å². The van der Waals surface area contributed by atoms with E-state index in [0.29, 0.717) is 17.8 Å². The van der Waals surface area contributed by atoms with Crippen LogP contribution in [-0.2, 0) is 4.74 Å². The van der Waals surface area contributed by atoms with Gasteiger partial charge in [-0.3, -0.25) is 0 Å². The zero-order valence-electron chi connectivity index (χ0n) is 13.4. The van der Waals surface area contributed by atoms with Crippen molar-refractivity contribution in [3.05, 3.63) is 0 Å². The van der Waals surface area contributed by atoms with Gasteiger partial charge in [-0.2, -0.15) is 15.0 Å². The van der Waals surface area contributed by atoms with Crippen molar-refractivity contribution >= 4 is 17.8 Å². The molecule has 1 aliphatic heterocycles. The zero-order chi connectivity index (χ0) is 15.3. The van der Waals surface area contributed by atoms with Crippen LogP contribution in [0.5, 0.6) is 0 Å². The Bertz CT molecular complexity index is 459. The molecule has 0 atom stereocenters. The monoisotopic (exact) mass is 294 g/mol. The van der Waals surface area contributed by atoms with Crippen LogP contribution in [0, 0.1) is 0 Å². The SMILES string of the molecule is CCCNc1nc(NC2(C)CCOCC2)nc(N(C)C)n1. The maximum Gasteiger partial charge on any atom is 0.231 e. The molecular weight excluding hydrogens is 268 g/mol. The third kappa shape index (κ3) is 4.42. The summed E-state index contributed by atoms with van der Waals surface area (Å²) in [5.74, 6) is 1.90. The first-order valence-electron chi connectivity index (χ1n) is 7.55. The van der Waals surface area contributed by atoms with Gasteiger partial charge < -0.3 is 20.3 Å². The molecule has 1 fully saturated rings. The van der Waals surface area contributed by atoms with Gasteiger partial charge in [0.05, 0.1) is 0 Å². The number of aromatic nitrogens is 3. The van der Waals surface area contributed by atoms with E-state index < -0.39 is 0 Å². The van der Waals surface area contributed by atoms with Gasteiger partial charge in [-0.1, -0.05) is 6.92 Å². The molecule has 2 heterocycles. The minimum atomic E-state index is -0.0226. The maximum absolute atomic E-state index is 5.43. The Kier molecular flexibility index (Phi) is 5.17. The molecule has 0 aromatic carbocycles. The van der Waals surface area contributed by atoms with Gasteiger partial charge in [0.15, 0.2) is 0 Å². The van der Waals surface area contributed by atoms with Crippen molar-refractivity contribution in [3.63, 3.8) is 0 Å². The number of anilines is 3. The molecule has 2 N–H and O–H groups in total. The Labute approximate surface area is 126 Å². The fourth-order valence-corrected chi connectivity index (χ4v) is 2.15. The van der Waals surface area contributed by atoms with E-state index >= 15 is 0 Å². The van der Waals surface area contributed by atoms with Gasteiger partial charge in [-0.25, -0.2) is 0 Å². The van der Waals surface area contributed by atoms with Crippen LogP contribution in [0.3, 0.4) is 0 Å². The number of rotatable bonds is 6. The minimum absolute atomic E-state index is 0.0226. The average molecular weight is 294 g/mol. The Morgan fingerprint density at radius 3 is 2.43 bits per heavy atom. The van der Waals surface area contributed by atoms with Crippen molar-refractivity contribution in [2.75, 3.05) is 49.4 Å². The topological polar surface area (TPSA) is 75.2 Å². The van der Waals surface area contributed by atoms with E-state index in [1.165, 1.54) is 0 Å². The summed E-state index contributed by atoms with van der Waals surface area (Å²) in [6.07, 6.45) is 2.93. The van der Waals surface area contributed by atoms with Gasteiger partial charge in [0.2, 0.25) is 17.8 Å². The first-order chi connectivity index (χ1) is 10.0. The van der Waals surface area contributed by atoms with E-state index in [1.807, 2.05) is 19.0 Å². The van der Waals surface area contributed by atoms with Gasteiger partial charge in [-0.05, 0) is 26.2 Å². The third-order valence-corrected chi connectivity index (χ3v) is 3.57.